The fourth-order valence-electron chi connectivity index (χ4n) is 1.84. The minimum absolute atomic E-state index is 0.356. The molecule has 0 radical (unpaired) electrons. The Bertz CT molecular complexity index is 598. The number of hydrogen-bond acceptors (Lipinski definition) is 5. The van der Waals surface area contributed by atoms with Gasteiger partial charge in [0.1, 0.15) is 0 Å². The number of anilines is 1. The number of thioether (sulfide) groups is 1. The van der Waals surface area contributed by atoms with Crippen LogP contribution in [0.1, 0.15) is 33.1 Å². The number of carbonyl (C=O) groups is 1. The molecule has 0 aliphatic heterocycles. The Labute approximate surface area is 133 Å². The summed E-state index contributed by atoms with van der Waals surface area (Å²) < 4.78 is 5.94. The molecule has 0 fully saturated rings. The van der Waals surface area contributed by atoms with Crippen LogP contribution in [0.5, 0.6) is 0 Å². The number of carbonyl (C=O) groups excluding carboxylic acids is 1. The van der Waals surface area contributed by atoms with Crippen molar-refractivity contribution in [2.45, 2.75) is 38.0 Å². The van der Waals surface area contributed by atoms with Crippen molar-refractivity contribution in [2.75, 3.05) is 17.7 Å². The van der Waals surface area contributed by atoms with Crippen molar-refractivity contribution in [3.63, 3.8) is 0 Å². The van der Waals surface area contributed by atoms with Crippen LogP contribution in [0.25, 0.3) is 10.2 Å². The Hall–Kier alpha value is -1.27. The summed E-state index contributed by atoms with van der Waals surface area (Å²) in [6, 6.07) is 6.23. The molecule has 1 heterocycles. The molecule has 21 heavy (non-hydrogen) atoms. The first-order valence-corrected chi connectivity index (χ1v) is 9.00. The van der Waals surface area contributed by atoms with Crippen LogP contribution < -0.4 is 5.32 Å². The Morgan fingerprint density at radius 3 is 3.00 bits per heavy atom. The summed E-state index contributed by atoms with van der Waals surface area (Å²) >= 11 is 3.35. The molecule has 6 heteroatoms. The molecule has 0 aliphatic carbocycles. The topological polar surface area (TPSA) is 51.2 Å². The summed E-state index contributed by atoms with van der Waals surface area (Å²) in [5.74, 6) is 1.14. The normalized spacial score (nSPS) is 10.8. The molecule has 2 aromatic rings. The Balaban J connectivity index is 2.00. The van der Waals surface area contributed by atoms with Gasteiger partial charge in [-0.25, -0.2) is 9.78 Å². The molecule has 0 aliphatic rings. The van der Waals surface area contributed by atoms with Crippen molar-refractivity contribution in [2.24, 2.45) is 0 Å². The fraction of sp³-hybridized carbons (Fsp3) is 0.467. The van der Waals surface area contributed by atoms with Gasteiger partial charge in [-0.1, -0.05) is 31.1 Å². The van der Waals surface area contributed by atoms with Crippen molar-refractivity contribution >= 4 is 44.5 Å². The second-order valence-electron chi connectivity index (χ2n) is 4.55. The van der Waals surface area contributed by atoms with Crippen LogP contribution in [0.4, 0.5) is 9.93 Å². The SMILES string of the molecule is CCCCCSc1ccc2nc(NC(=O)OCC)sc2c1. The molecule has 2 rings (SSSR count). The van der Waals surface area contributed by atoms with Gasteiger partial charge >= 0.3 is 6.09 Å². The number of rotatable bonds is 7. The molecule has 0 unspecified atom stereocenters. The average Bonchev–Trinajstić information content (AvgIpc) is 2.85. The van der Waals surface area contributed by atoms with Crippen molar-refractivity contribution in [1.29, 1.82) is 0 Å². The summed E-state index contributed by atoms with van der Waals surface area (Å²) in [4.78, 5) is 17.0. The third-order valence-electron chi connectivity index (χ3n) is 2.86. The number of nitrogens with one attached hydrogen (secondary N) is 1. The number of benzene rings is 1. The molecule has 4 nitrogen and oxygen atoms in total. The molecule has 1 aromatic carbocycles. The smallest absolute Gasteiger partial charge is 0.413 e. The third-order valence-corrected chi connectivity index (χ3v) is 4.87. The van der Waals surface area contributed by atoms with E-state index >= 15 is 0 Å². The van der Waals surface area contributed by atoms with E-state index in [1.54, 1.807) is 6.92 Å². The molecular weight excluding hydrogens is 304 g/mol. The van der Waals surface area contributed by atoms with Crippen molar-refractivity contribution in [3.8, 4) is 0 Å². The van der Waals surface area contributed by atoms with Crippen LogP contribution in [0.3, 0.4) is 0 Å². The van der Waals surface area contributed by atoms with E-state index in [1.165, 1.54) is 35.5 Å². The molecule has 0 atom stereocenters. The number of ether oxygens (including phenoxy) is 1. The zero-order chi connectivity index (χ0) is 15.1. The molecule has 1 N–H and O–H groups in total. The number of amides is 1. The number of fused-ring (bicyclic) bond motifs is 1. The van der Waals surface area contributed by atoms with E-state index in [0.29, 0.717) is 11.7 Å². The van der Waals surface area contributed by atoms with Crippen LogP contribution in [-0.4, -0.2) is 23.4 Å². The Kier molecular flexibility index (Phi) is 6.32. The highest BCUT2D eigenvalue weighted by Crippen LogP contribution is 2.30. The van der Waals surface area contributed by atoms with Crippen molar-refractivity contribution < 1.29 is 9.53 Å². The van der Waals surface area contributed by atoms with E-state index < -0.39 is 6.09 Å². The molecule has 0 saturated heterocycles. The van der Waals surface area contributed by atoms with E-state index in [9.17, 15) is 4.79 Å². The predicted octanol–water partition coefficient (Wildman–Crippen LogP) is 5.15. The molecule has 1 amide bonds. The summed E-state index contributed by atoms with van der Waals surface area (Å²) in [5.41, 5.74) is 0.907. The van der Waals surface area contributed by atoms with Crippen molar-refractivity contribution in [3.05, 3.63) is 18.2 Å². The minimum Gasteiger partial charge on any atom is -0.450 e. The van der Waals surface area contributed by atoms with E-state index in [0.717, 1.165) is 16.0 Å². The lowest BCUT2D eigenvalue weighted by Gasteiger charge is -2.00. The Morgan fingerprint density at radius 1 is 1.38 bits per heavy atom. The predicted molar refractivity (Wildman–Crippen MR) is 90.5 cm³/mol. The van der Waals surface area contributed by atoms with Gasteiger partial charge in [0.2, 0.25) is 0 Å². The third kappa shape index (κ3) is 4.89. The number of aromatic nitrogens is 1. The first kappa shape index (κ1) is 16.1. The van der Waals surface area contributed by atoms with E-state index in [4.69, 9.17) is 4.74 Å². The van der Waals surface area contributed by atoms with Crippen LogP contribution in [0.15, 0.2) is 23.1 Å². The first-order valence-electron chi connectivity index (χ1n) is 7.20. The van der Waals surface area contributed by atoms with Gasteiger partial charge in [0.25, 0.3) is 0 Å². The van der Waals surface area contributed by atoms with E-state index in [1.807, 2.05) is 17.8 Å². The lowest BCUT2D eigenvalue weighted by molar-refractivity contribution is 0.168. The standard InChI is InChI=1S/C15H20N2O2S2/c1-3-5-6-9-20-11-7-8-12-13(10-11)21-14(16-12)17-15(18)19-4-2/h7-8,10H,3-6,9H2,1-2H3,(H,16,17,18). The van der Waals surface area contributed by atoms with Gasteiger partial charge in [-0.2, -0.15) is 0 Å². The minimum atomic E-state index is -0.453. The van der Waals surface area contributed by atoms with Crippen LogP contribution >= 0.6 is 23.1 Å². The second-order valence-corrected chi connectivity index (χ2v) is 6.75. The lowest BCUT2D eigenvalue weighted by atomic mass is 10.3. The van der Waals surface area contributed by atoms with Crippen molar-refractivity contribution in [1.82, 2.24) is 4.98 Å². The fourth-order valence-corrected chi connectivity index (χ4v) is 3.76. The zero-order valence-electron chi connectivity index (χ0n) is 12.3. The quantitative estimate of drug-likeness (QED) is 0.565. The largest absolute Gasteiger partial charge is 0.450 e. The summed E-state index contributed by atoms with van der Waals surface area (Å²) in [6.07, 6.45) is 3.32. The first-order chi connectivity index (χ1) is 10.2. The molecular formula is C15H20N2O2S2. The van der Waals surface area contributed by atoms with Crippen LogP contribution in [0, 0.1) is 0 Å². The molecule has 0 saturated carbocycles. The highest BCUT2D eigenvalue weighted by atomic mass is 32.2. The maximum absolute atomic E-state index is 11.4. The molecule has 0 spiro atoms. The number of thiazole rings is 1. The van der Waals surface area contributed by atoms with Gasteiger partial charge in [0.05, 0.1) is 16.8 Å². The van der Waals surface area contributed by atoms with Gasteiger partial charge in [-0.3, -0.25) is 5.32 Å². The van der Waals surface area contributed by atoms with Gasteiger partial charge < -0.3 is 4.74 Å². The summed E-state index contributed by atoms with van der Waals surface area (Å²) in [6.45, 7) is 4.35. The van der Waals surface area contributed by atoms with Gasteiger partial charge in [0.15, 0.2) is 5.13 Å². The van der Waals surface area contributed by atoms with Crippen LogP contribution in [0.2, 0.25) is 0 Å². The molecule has 0 bridgehead atoms. The van der Waals surface area contributed by atoms with Crippen LogP contribution in [-0.2, 0) is 4.74 Å². The maximum Gasteiger partial charge on any atom is 0.413 e. The average molecular weight is 324 g/mol. The van der Waals surface area contributed by atoms with Gasteiger partial charge in [0, 0.05) is 4.90 Å². The highest BCUT2D eigenvalue weighted by molar-refractivity contribution is 7.99. The van der Waals surface area contributed by atoms with Gasteiger partial charge in [-0.05, 0) is 37.3 Å². The zero-order valence-corrected chi connectivity index (χ0v) is 14.0. The number of hydrogen-bond donors (Lipinski definition) is 1. The monoisotopic (exact) mass is 324 g/mol. The molecule has 114 valence electrons. The number of nitrogens with zero attached hydrogens (tertiary/aromatic N) is 1. The summed E-state index contributed by atoms with van der Waals surface area (Å²) in [5, 5.41) is 3.23. The number of unbranched alkanes of at least 4 members (excludes halogenated alkanes) is 2. The summed E-state index contributed by atoms with van der Waals surface area (Å²) in [7, 11) is 0. The Morgan fingerprint density at radius 2 is 2.24 bits per heavy atom. The highest BCUT2D eigenvalue weighted by Gasteiger charge is 2.08. The second kappa shape index (κ2) is 8.24. The molecule has 1 aromatic heterocycles. The van der Waals surface area contributed by atoms with E-state index in [2.05, 4.69) is 29.4 Å². The van der Waals surface area contributed by atoms with E-state index in [-0.39, 0.29) is 0 Å². The lowest BCUT2D eigenvalue weighted by Crippen LogP contribution is -2.12. The van der Waals surface area contributed by atoms with Gasteiger partial charge in [-0.15, -0.1) is 11.8 Å². The maximum atomic E-state index is 11.4.